The molecule has 0 saturated carbocycles. The Morgan fingerprint density at radius 1 is 1.03 bits per heavy atom. The van der Waals surface area contributed by atoms with Gasteiger partial charge in [-0.2, -0.15) is 0 Å². The van der Waals surface area contributed by atoms with E-state index in [2.05, 4.69) is 18.8 Å². The van der Waals surface area contributed by atoms with Crippen LogP contribution in [0.15, 0.2) is 48.5 Å². The van der Waals surface area contributed by atoms with E-state index in [0.29, 0.717) is 18.5 Å². The Bertz CT molecular complexity index is 899. The minimum Gasteiger partial charge on any atom is -0.362 e. The van der Waals surface area contributed by atoms with Gasteiger partial charge in [-0.15, -0.1) is 5.06 Å². The molecule has 5 heteroatoms. The van der Waals surface area contributed by atoms with Crippen LogP contribution in [0, 0.1) is 17.7 Å². The second-order valence-corrected chi connectivity index (χ2v) is 7.75. The van der Waals surface area contributed by atoms with E-state index in [0.717, 1.165) is 24.0 Å². The van der Waals surface area contributed by atoms with Gasteiger partial charge in [-0.3, -0.25) is 4.79 Å². The molecule has 4 nitrogen and oxygen atoms in total. The summed E-state index contributed by atoms with van der Waals surface area (Å²) in [4.78, 5) is 27.3. The van der Waals surface area contributed by atoms with Gasteiger partial charge in [-0.1, -0.05) is 81.2 Å². The zero-order valence-corrected chi connectivity index (χ0v) is 18.8. The molecule has 0 spiro atoms. The van der Waals surface area contributed by atoms with Crippen molar-refractivity contribution in [3.05, 3.63) is 71.0 Å². The first-order valence-corrected chi connectivity index (χ1v) is 11.4. The highest BCUT2D eigenvalue weighted by Gasteiger charge is 2.13. The third kappa shape index (κ3) is 9.89. The maximum atomic E-state index is 13.9. The van der Waals surface area contributed by atoms with Crippen LogP contribution >= 0.6 is 0 Å². The highest BCUT2D eigenvalue weighted by molar-refractivity contribution is 6.20. The first-order chi connectivity index (χ1) is 15.6. The van der Waals surface area contributed by atoms with Gasteiger partial charge < -0.3 is 4.84 Å². The summed E-state index contributed by atoms with van der Waals surface area (Å²) in [7, 11) is 0. The second kappa shape index (κ2) is 14.9. The van der Waals surface area contributed by atoms with Crippen molar-refractivity contribution in [2.24, 2.45) is 0 Å². The Morgan fingerprint density at radius 3 is 2.47 bits per heavy atom. The lowest BCUT2D eigenvalue weighted by molar-refractivity contribution is -0.191. The Labute approximate surface area is 190 Å². The zero-order valence-electron chi connectivity index (χ0n) is 18.8. The number of hydrogen-bond donors (Lipinski definition) is 0. The van der Waals surface area contributed by atoms with Gasteiger partial charge in [0.1, 0.15) is 5.82 Å². The number of hydroxylamine groups is 2. The number of hydrogen-bond acceptors (Lipinski definition) is 4. The Morgan fingerprint density at radius 2 is 1.75 bits per heavy atom. The third-order valence-electron chi connectivity index (χ3n) is 5.10. The van der Waals surface area contributed by atoms with Gasteiger partial charge in [0.05, 0.1) is 6.54 Å². The van der Waals surface area contributed by atoms with Crippen molar-refractivity contribution in [2.45, 2.75) is 64.8 Å². The van der Waals surface area contributed by atoms with Crippen molar-refractivity contribution in [3.8, 4) is 11.8 Å². The van der Waals surface area contributed by atoms with E-state index in [9.17, 15) is 14.0 Å². The van der Waals surface area contributed by atoms with Crippen LogP contribution in [0.5, 0.6) is 0 Å². The van der Waals surface area contributed by atoms with Gasteiger partial charge in [0.2, 0.25) is 6.29 Å². The van der Waals surface area contributed by atoms with Gasteiger partial charge >= 0.3 is 5.97 Å². The standard InChI is InChI=1S/C27H32FNO3/c1-2-3-4-5-6-7-8-9-12-23-15-17-24(18-16-23)21-29(32-27(31)22-30)20-19-25-13-10-11-14-26(25)28/h10-11,13-18,22H,2-8,19-21H2,1H3. The molecule has 0 bridgehead atoms. The summed E-state index contributed by atoms with van der Waals surface area (Å²) < 4.78 is 13.9. The van der Waals surface area contributed by atoms with Gasteiger partial charge in [-0.05, 0) is 42.2 Å². The number of rotatable bonds is 13. The summed E-state index contributed by atoms with van der Waals surface area (Å²) in [6.45, 7) is 2.78. The van der Waals surface area contributed by atoms with E-state index >= 15 is 0 Å². The van der Waals surface area contributed by atoms with E-state index in [1.54, 1.807) is 18.2 Å². The SMILES string of the molecule is CCCCCCCCC#Cc1ccc(CN(CCc2ccccc2F)OC(=O)C=O)cc1. The van der Waals surface area contributed by atoms with Crippen LogP contribution in [-0.4, -0.2) is 23.9 Å². The molecule has 0 N–H and O–H groups in total. The van der Waals surface area contributed by atoms with Crippen molar-refractivity contribution in [2.75, 3.05) is 6.54 Å². The number of halogens is 1. The molecule has 2 rings (SSSR count). The maximum absolute atomic E-state index is 13.9. The molecule has 0 aromatic heterocycles. The first kappa shape index (κ1) is 25.3. The lowest BCUT2D eigenvalue weighted by Crippen LogP contribution is -2.29. The minimum atomic E-state index is -0.976. The van der Waals surface area contributed by atoms with E-state index in [1.165, 1.54) is 43.2 Å². The number of nitrogens with zero attached hydrogens (tertiary/aromatic N) is 1. The van der Waals surface area contributed by atoms with Gasteiger partial charge in [0, 0.05) is 18.5 Å². The monoisotopic (exact) mass is 437 g/mol. The Hall–Kier alpha value is -2.97. The van der Waals surface area contributed by atoms with Gasteiger partial charge in [0.25, 0.3) is 0 Å². The number of unbranched alkanes of at least 4 members (excludes halogenated alkanes) is 6. The summed E-state index contributed by atoms with van der Waals surface area (Å²) in [5.74, 6) is 5.13. The lowest BCUT2D eigenvalue weighted by Gasteiger charge is -2.20. The second-order valence-electron chi connectivity index (χ2n) is 7.75. The van der Waals surface area contributed by atoms with E-state index in [4.69, 9.17) is 4.84 Å². The summed E-state index contributed by atoms with van der Waals surface area (Å²) in [6.07, 6.45) is 8.91. The number of aldehydes is 1. The van der Waals surface area contributed by atoms with Crippen LogP contribution in [0.2, 0.25) is 0 Å². The lowest BCUT2D eigenvalue weighted by atomic mass is 10.1. The summed E-state index contributed by atoms with van der Waals surface area (Å²) in [5, 5.41) is 1.38. The highest BCUT2D eigenvalue weighted by Crippen LogP contribution is 2.12. The molecule has 0 saturated heterocycles. The van der Waals surface area contributed by atoms with E-state index in [-0.39, 0.29) is 18.6 Å². The fourth-order valence-electron chi connectivity index (χ4n) is 3.31. The number of carbonyl (C=O) groups excluding carboxylic acids is 2. The van der Waals surface area contributed by atoms with Crippen molar-refractivity contribution in [3.63, 3.8) is 0 Å². The molecule has 0 heterocycles. The van der Waals surface area contributed by atoms with Crippen molar-refractivity contribution in [1.29, 1.82) is 0 Å². The molecule has 0 aliphatic carbocycles. The molecule has 170 valence electrons. The topological polar surface area (TPSA) is 46.6 Å². The molecule has 2 aromatic rings. The quantitative estimate of drug-likeness (QED) is 0.134. The van der Waals surface area contributed by atoms with E-state index < -0.39 is 5.97 Å². The van der Waals surface area contributed by atoms with Crippen LogP contribution in [0.3, 0.4) is 0 Å². The van der Waals surface area contributed by atoms with E-state index in [1.807, 2.05) is 24.3 Å². The molecule has 0 fully saturated rings. The maximum Gasteiger partial charge on any atom is 0.390 e. The fraction of sp³-hybridized carbons (Fsp3) is 0.407. The van der Waals surface area contributed by atoms with Crippen LogP contribution in [0.1, 0.15) is 68.6 Å². The molecule has 0 atom stereocenters. The molecule has 0 amide bonds. The molecule has 32 heavy (non-hydrogen) atoms. The van der Waals surface area contributed by atoms with Crippen LogP contribution in [0.4, 0.5) is 4.39 Å². The molecule has 0 aliphatic rings. The molecule has 0 aliphatic heterocycles. The van der Waals surface area contributed by atoms with Crippen LogP contribution < -0.4 is 0 Å². The normalized spacial score (nSPS) is 10.5. The Kier molecular flexibility index (Phi) is 11.8. The largest absolute Gasteiger partial charge is 0.390 e. The summed E-state index contributed by atoms with van der Waals surface area (Å²) >= 11 is 0. The van der Waals surface area contributed by atoms with Crippen molar-refractivity contribution < 1.29 is 18.8 Å². The first-order valence-electron chi connectivity index (χ1n) is 11.4. The number of benzene rings is 2. The van der Waals surface area contributed by atoms with Crippen molar-refractivity contribution in [1.82, 2.24) is 5.06 Å². The van der Waals surface area contributed by atoms with Crippen molar-refractivity contribution >= 4 is 12.3 Å². The predicted molar refractivity (Wildman–Crippen MR) is 124 cm³/mol. The molecular weight excluding hydrogens is 405 g/mol. The summed E-state index contributed by atoms with van der Waals surface area (Å²) in [6, 6.07) is 14.2. The Balaban J connectivity index is 1.87. The van der Waals surface area contributed by atoms with Crippen LogP contribution in [-0.2, 0) is 27.4 Å². The average molecular weight is 438 g/mol. The molecular formula is C27H32FNO3. The third-order valence-corrected chi connectivity index (χ3v) is 5.10. The summed E-state index contributed by atoms with van der Waals surface area (Å²) in [5.41, 5.74) is 2.36. The zero-order chi connectivity index (χ0) is 23.0. The fourth-order valence-corrected chi connectivity index (χ4v) is 3.31. The van der Waals surface area contributed by atoms with Crippen LogP contribution in [0.25, 0.3) is 0 Å². The van der Waals surface area contributed by atoms with Gasteiger partial charge in [0.15, 0.2) is 0 Å². The smallest absolute Gasteiger partial charge is 0.362 e. The number of carbonyl (C=O) groups is 2. The average Bonchev–Trinajstić information content (AvgIpc) is 2.81. The van der Waals surface area contributed by atoms with Gasteiger partial charge in [-0.25, -0.2) is 9.18 Å². The molecule has 2 aromatic carbocycles. The molecule has 0 unspecified atom stereocenters. The molecule has 0 radical (unpaired) electrons. The predicted octanol–water partition coefficient (Wildman–Crippen LogP) is 5.63. The highest BCUT2D eigenvalue weighted by atomic mass is 19.1. The minimum absolute atomic E-state index is 0.124.